The van der Waals surface area contributed by atoms with E-state index < -0.39 is 0 Å². The summed E-state index contributed by atoms with van der Waals surface area (Å²) in [5.41, 5.74) is 1.62. The molecule has 0 saturated carbocycles. The van der Waals surface area contributed by atoms with E-state index in [9.17, 15) is 14.4 Å². The SMILES string of the molecule is CCOC(=O)Cn1cc(/C=C2\SC(=O)N(CC)C2=O)c2cc(Br)ccc21. The first kappa shape index (κ1) is 18.7. The maximum atomic E-state index is 12.3. The molecule has 1 aliphatic heterocycles. The number of nitrogens with zero attached hydrogens (tertiary/aromatic N) is 2. The molecule has 1 fully saturated rings. The number of halogens is 1. The number of hydrogen-bond donors (Lipinski definition) is 0. The number of esters is 1. The molecule has 2 heterocycles. The highest BCUT2D eigenvalue weighted by molar-refractivity contribution is 9.10. The summed E-state index contributed by atoms with van der Waals surface area (Å²) in [4.78, 5) is 37.7. The average Bonchev–Trinajstić information content (AvgIpc) is 3.05. The van der Waals surface area contributed by atoms with Crippen LogP contribution in [0.15, 0.2) is 33.8 Å². The van der Waals surface area contributed by atoms with Crippen LogP contribution in [0.3, 0.4) is 0 Å². The number of carbonyl (C=O) groups excluding carboxylic acids is 3. The fourth-order valence-electron chi connectivity index (χ4n) is 2.80. The zero-order valence-corrected chi connectivity index (χ0v) is 16.7. The lowest BCUT2D eigenvalue weighted by Gasteiger charge is -2.06. The van der Waals surface area contributed by atoms with Crippen LogP contribution < -0.4 is 0 Å². The lowest BCUT2D eigenvalue weighted by Crippen LogP contribution is -2.27. The van der Waals surface area contributed by atoms with Crippen LogP contribution in [-0.4, -0.2) is 39.7 Å². The number of ether oxygens (including phenoxy) is 1. The highest BCUT2D eigenvalue weighted by Crippen LogP contribution is 2.34. The molecule has 6 nitrogen and oxygen atoms in total. The second kappa shape index (κ2) is 7.67. The van der Waals surface area contributed by atoms with Gasteiger partial charge in [-0.05, 0) is 49.9 Å². The molecule has 0 aliphatic carbocycles. The van der Waals surface area contributed by atoms with Crippen molar-refractivity contribution < 1.29 is 19.1 Å². The topological polar surface area (TPSA) is 68.6 Å². The molecule has 2 aromatic rings. The number of carbonyl (C=O) groups is 3. The summed E-state index contributed by atoms with van der Waals surface area (Å²) in [5.74, 6) is -0.617. The minimum Gasteiger partial charge on any atom is -0.465 e. The van der Waals surface area contributed by atoms with Crippen molar-refractivity contribution in [3.8, 4) is 0 Å². The average molecular weight is 437 g/mol. The second-order valence-corrected chi connectivity index (χ2v) is 7.51. The van der Waals surface area contributed by atoms with Gasteiger partial charge in [-0.15, -0.1) is 0 Å². The first-order valence-electron chi connectivity index (χ1n) is 8.14. The van der Waals surface area contributed by atoms with E-state index in [-0.39, 0.29) is 23.7 Å². The first-order valence-corrected chi connectivity index (χ1v) is 9.75. The highest BCUT2D eigenvalue weighted by atomic mass is 79.9. The molecule has 1 aromatic carbocycles. The molecule has 0 radical (unpaired) electrons. The third kappa shape index (κ3) is 3.57. The number of aromatic nitrogens is 1. The van der Waals surface area contributed by atoms with Crippen molar-refractivity contribution in [3.05, 3.63) is 39.3 Å². The first-order chi connectivity index (χ1) is 12.4. The van der Waals surface area contributed by atoms with Crippen molar-refractivity contribution in [2.45, 2.75) is 20.4 Å². The molecule has 1 saturated heterocycles. The Hall–Kier alpha value is -2.06. The predicted molar refractivity (Wildman–Crippen MR) is 105 cm³/mol. The van der Waals surface area contributed by atoms with Gasteiger partial charge >= 0.3 is 5.97 Å². The molecule has 0 bridgehead atoms. The van der Waals surface area contributed by atoms with Crippen molar-refractivity contribution in [2.75, 3.05) is 13.2 Å². The Kier molecular flexibility index (Phi) is 5.52. The number of amides is 2. The van der Waals surface area contributed by atoms with E-state index in [0.717, 1.165) is 32.7 Å². The minimum absolute atomic E-state index is 0.0796. The molecule has 0 unspecified atom stereocenters. The smallest absolute Gasteiger partial charge is 0.325 e. The molecule has 1 aliphatic rings. The van der Waals surface area contributed by atoms with Crippen molar-refractivity contribution in [3.63, 3.8) is 0 Å². The summed E-state index contributed by atoms with van der Waals surface area (Å²) in [6, 6.07) is 5.71. The van der Waals surface area contributed by atoms with E-state index in [0.29, 0.717) is 18.1 Å². The van der Waals surface area contributed by atoms with Gasteiger partial charge in [0, 0.05) is 33.7 Å². The molecule has 26 heavy (non-hydrogen) atoms. The molecule has 0 spiro atoms. The Bertz CT molecular complexity index is 935. The Labute approximate surface area is 163 Å². The minimum atomic E-state index is -0.329. The van der Waals surface area contributed by atoms with Gasteiger partial charge in [0.15, 0.2) is 0 Å². The van der Waals surface area contributed by atoms with Crippen molar-refractivity contribution >= 4 is 61.8 Å². The van der Waals surface area contributed by atoms with Gasteiger partial charge in [0.1, 0.15) is 6.54 Å². The van der Waals surface area contributed by atoms with Gasteiger partial charge in [-0.25, -0.2) is 0 Å². The van der Waals surface area contributed by atoms with Gasteiger partial charge in [-0.1, -0.05) is 15.9 Å². The van der Waals surface area contributed by atoms with E-state index in [2.05, 4.69) is 15.9 Å². The van der Waals surface area contributed by atoms with Crippen molar-refractivity contribution in [1.82, 2.24) is 9.47 Å². The van der Waals surface area contributed by atoms with Gasteiger partial charge < -0.3 is 9.30 Å². The van der Waals surface area contributed by atoms with Gasteiger partial charge in [0.05, 0.1) is 11.5 Å². The third-order valence-corrected chi connectivity index (χ3v) is 5.36. The molecule has 8 heteroatoms. The van der Waals surface area contributed by atoms with Crippen LogP contribution in [0, 0.1) is 0 Å². The Morgan fingerprint density at radius 2 is 2.08 bits per heavy atom. The number of imide groups is 1. The zero-order valence-electron chi connectivity index (χ0n) is 14.3. The van der Waals surface area contributed by atoms with E-state index >= 15 is 0 Å². The summed E-state index contributed by atoms with van der Waals surface area (Å²) < 4.78 is 7.70. The third-order valence-electron chi connectivity index (χ3n) is 3.96. The molecule has 1 aromatic heterocycles. The predicted octanol–water partition coefficient (Wildman–Crippen LogP) is 4.02. The van der Waals surface area contributed by atoms with E-state index in [1.54, 1.807) is 30.7 Å². The summed E-state index contributed by atoms with van der Waals surface area (Å²) in [6.45, 7) is 4.27. The van der Waals surface area contributed by atoms with Gasteiger partial charge in [0.25, 0.3) is 11.1 Å². The molecule has 3 rings (SSSR count). The van der Waals surface area contributed by atoms with Gasteiger partial charge in [-0.2, -0.15) is 0 Å². The van der Waals surface area contributed by atoms with Crippen LogP contribution >= 0.6 is 27.7 Å². The van der Waals surface area contributed by atoms with Crippen LogP contribution in [-0.2, 0) is 20.9 Å². The summed E-state index contributed by atoms with van der Waals surface area (Å²) in [7, 11) is 0. The molecule has 0 N–H and O–H groups in total. The van der Waals surface area contributed by atoms with Crippen LogP contribution in [0.25, 0.3) is 17.0 Å². The zero-order chi connectivity index (χ0) is 18.8. The lowest BCUT2D eigenvalue weighted by molar-refractivity contribution is -0.143. The number of thioether (sulfide) groups is 1. The monoisotopic (exact) mass is 436 g/mol. The highest BCUT2D eigenvalue weighted by Gasteiger charge is 2.33. The summed E-state index contributed by atoms with van der Waals surface area (Å²) in [5, 5.41) is 0.618. The van der Waals surface area contributed by atoms with Crippen LogP contribution in [0.2, 0.25) is 0 Å². The normalized spacial score (nSPS) is 16.1. The lowest BCUT2D eigenvalue weighted by atomic mass is 10.1. The molecule has 0 atom stereocenters. The number of hydrogen-bond acceptors (Lipinski definition) is 5. The van der Waals surface area contributed by atoms with E-state index in [1.807, 2.05) is 18.2 Å². The number of benzene rings is 1. The van der Waals surface area contributed by atoms with Crippen molar-refractivity contribution in [2.24, 2.45) is 0 Å². The molecular weight excluding hydrogens is 420 g/mol. The largest absolute Gasteiger partial charge is 0.465 e. The molecule has 2 amide bonds. The molecule has 136 valence electrons. The summed E-state index contributed by atoms with van der Waals surface area (Å²) >= 11 is 4.38. The maximum Gasteiger partial charge on any atom is 0.325 e. The van der Waals surface area contributed by atoms with E-state index in [1.165, 1.54) is 4.90 Å². The van der Waals surface area contributed by atoms with Gasteiger partial charge in [0.2, 0.25) is 0 Å². The van der Waals surface area contributed by atoms with Crippen LogP contribution in [0.5, 0.6) is 0 Å². The fourth-order valence-corrected chi connectivity index (χ4v) is 4.06. The van der Waals surface area contributed by atoms with Crippen LogP contribution in [0.4, 0.5) is 4.79 Å². The molecular formula is C18H17BrN2O4S. The Morgan fingerprint density at radius 3 is 2.73 bits per heavy atom. The Balaban J connectivity index is 2.04. The van der Waals surface area contributed by atoms with Crippen molar-refractivity contribution in [1.29, 1.82) is 0 Å². The van der Waals surface area contributed by atoms with Gasteiger partial charge in [-0.3, -0.25) is 19.3 Å². The standard InChI is InChI=1S/C18H17BrN2O4S/c1-3-21-17(23)15(26-18(21)24)7-11-9-20(10-16(22)25-4-2)14-6-5-12(19)8-13(11)14/h5-9H,3-4,10H2,1-2H3/b15-7-. The van der Waals surface area contributed by atoms with Crippen LogP contribution in [0.1, 0.15) is 19.4 Å². The number of likely N-dealkylation sites (N-methyl/N-ethyl adjacent to an activating group) is 1. The fraction of sp³-hybridized carbons (Fsp3) is 0.278. The number of fused-ring (bicyclic) bond motifs is 1. The second-order valence-electron chi connectivity index (χ2n) is 5.60. The Morgan fingerprint density at radius 1 is 1.31 bits per heavy atom. The van der Waals surface area contributed by atoms with E-state index in [4.69, 9.17) is 4.74 Å². The quantitative estimate of drug-likeness (QED) is 0.522. The maximum absolute atomic E-state index is 12.3. The summed E-state index contributed by atoms with van der Waals surface area (Å²) in [6.07, 6.45) is 3.50. The number of rotatable bonds is 5.